The van der Waals surface area contributed by atoms with Gasteiger partial charge in [0.15, 0.2) is 0 Å². The minimum Gasteiger partial charge on any atom is -0.352 e. The molecule has 0 unspecified atom stereocenters. The van der Waals surface area contributed by atoms with E-state index < -0.39 is 6.04 Å². The van der Waals surface area contributed by atoms with Crippen LogP contribution in [0.3, 0.4) is 0 Å². The van der Waals surface area contributed by atoms with Crippen LogP contribution in [0.5, 0.6) is 0 Å². The minimum absolute atomic E-state index is 0.111. The maximum atomic E-state index is 13.8. The number of nitrogens with zero attached hydrogens (tertiary/aromatic N) is 1. The van der Waals surface area contributed by atoms with Crippen LogP contribution in [0.25, 0.3) is 0 Å². The zero-order chi connectivity index (χ0) is 27.6. The van der Waals surface area contributed by atoms with Crippen LogP contribution in [0, 0.1) is 0 Å². The van der Waals surface area contributed by atoms with E-state index in [1.807, 2.05) is 48.5 Å². The highest BCUT2D eigenvalue weighted by Crippen LogP contribution is 2.29. The number of halogens is 3. The fourth-order valence-corrected chi connectivity index (χ4v) is 6.78. The van der Waals surface area contributed by atoms with Crippen molar-refractivity contribution >= 4 is 58.4 Å². The minimum atomic E-state index is -0.662. The fourth-order valence-electron chi connectivity index (χ4n) is 4.92. The number of carbonyl (C=O) groups excluding carboxylic acids is 2. The van der Waals surface area contributed by atoms with Crippen LogP contribution in [-0.2, 0) is 28.3 Å². The average molecular weight is 604 g/mol. The Balaban J connectivity index is 1.58. The smallest absolute Gasteiger partial charge is 0.243 e. The number of hydrogen-bond donors (Lipinski definition) is 1. The highest BCUT2D eigenvalue weighted by molar-refractivity contribution is 7.99. The van der Waals surface area contributed by atoms with Gasteiger partial charge in [-0.15, -0.1) is 11.8 Å². The van der Waals surface area contributed by atoms with Gasteiger partial charge in [-0.1, -0.05) is 103 Å². The average Bonchev–Trinajstić information content (AvgIpc) is 2.93. The normalized spacial score (nSPS) is 14.5. The predicted molar refractivity (Wildman–Crippen MR) is 164 cm³/mol. The summed E-state index contributed by atoms with van der Waals surface area (Å²) in [5, 5.41) is 5.01. The third kappa shape index (κ3) is 8.91. The van der Waals surface area contributed by atoms with Gasteiger partial charge in [0.25, 0.3) is 0 Å². The first-order chi connectivity index (χ1) is 18.9. The number of thioether (sulfide) groups is 1. The number of rotatable bonds is 11. The molecule has 1 fully saturated rings. The lowest BCUT2D eigenvalue weighted by atomic mass is 9.94. The van der Waals surface area contributed by atoms with E-state index in [0.717, 1.165) is 42.4 Å². The van der Waals surface area contributed by atoms with Crippen molar-refractivity contribution in [1.82, 2.24) is 10.2 Å². The summed E-state index contributed by atoms with van der Waals surface area (Å²) in [6.07, 6.45) is 5.79. The van der Waals surface area contributed by atoms with E-state index >= 15 is 0 Å². The van der Waals surface area contributed by atoms with E-state index in [9.17, 15) is 9.59 Å². The van der Waals surface area contributed by atoms with Crippen LogP contribution in [0.15, 0.2) is 72.8 Å². The molecule has 0 radical (unpaired) electrons. The van der Waals surface area contributed by atoms with Gasteiger partial charge in [-0.3, -0.25) is 9.59 Å². The first-order valence-electron chi connectivity index (χ1n) is 13.3. The zero-order valence-corrected chi connectivity index (χ0v) is 24.8. The van der Waals surface area contributed by atoms with Crippen LogP contribution < -0.4 is 5.32 Å². The van der Waals surface area contributed by atoms with Gasteiger partial charge in [0.1, 0.15) is 6.04 Å². The lowest BCUT2D eigenvalue weighted by Crippen LogP contribution is -2.53. The maximum Gasteiger partial charge on any atom is 0.243 e. The van der Waals surface area contributed by atoms with Crippen molar-refractivity contribution in [3.05, 3.63) is 105 Å². The van der Waals surface area contributed by atoms with Crippen molar-refractivity contribution in [3.63, 3.8) is 0 Å². The van der Waals surface area contributed by atoms with Gasteiger partial charge in [0.2, 0.25) is 11.8 Å². The van der Waals surface area contributed by atoms with Gasteiger partial charge in [0.05, 0.1) is 5.75 Å². The largest absolute Gasteiger partial charge is 0.352 e. The molecular weight excluding hydrogens is 571 g/mol. The quantitative estimate of drug-likeness (QED) is 0.242. The van der Waals surface area contributed by atoms with Crippen LogP contribution in [0.1, 0.15) is 48.8 Å². The molecule has 4 nitrogen and oxygen atoms in total. The van der Waals surface area contributed by atoms with E-state index in [1.165, 1.54) is 18.2 Å². The fraction of sp³-hybridized carbons (Fsp3) is 0.355. The summed E-state index contributed by atoms with van der Waals surface area (Å²) in [5.74, 6) is 0.444. The van der Waals surface area contributed by atoms with E-state index in [-0.39, 0.29) is 30.2 Å². The van der Waals surface area contributed by atoms with Crippen molar-refractivity contribution in [2.45, 2.75) is 62.9 Å². The Morgan fingerprint density at radius 3 is 2.23 bits per heavy atom. The Morgan fingerprint density at radius 2 is 1.54 bits per heavy atom. The molecule has 1 aliphatic rings. The molecule has 1 atom stereocenters. The molecule has 1 aliphatic carbocycles. The number of hydrogen-bond acceptors (Lipinski definition) is 3. The highest BCUT2D eigenvalue weighted by atomic mass is 35.5. The molecule has 4 rings (SSSR count). The number of amides is 2. The Bertz CT molecular complexity index is 1230. The molecule has 2 amide bonds. The molecule has 206 valence electrons. The molecule has 1 N–H and O–H groups in total. The molecule has 3 aromatic rings. The van der Waals surface area contributed by atoms with E-state index in [1.54, 1.807) is 29.2 Å². The van der Waals surface area contributed by atoms with Gasteiger partial charge in [-0.2, -0.15) is 0 Å². The molecule has 0 saturated heterocycles. The van der Waals surface area contributed by atoms with Crippen LogP contribution in [0.2, 0.25) is 15.1 Å². The standard InChI is InChI=1S/C31H33Cl3N2O2S/c32-24-12-7-11-23(17-24)19-36(30(37)21-39-20-26-27(33)15-8-16-28(26)34)29(18-22-9-3-1-4-10-22)31(38)35-25-13-5-2-6-14-25/h1,3-4,7-12,15-17,25,29H,2,5-6,13-14,18-21H2,(H,35,38)/t29-/m0/s1. The van der Waals surface area contributed by atoms with E-state index in [0.29, 0.717) is 27.2 Å². The molecule has 3 aromatic carbocycles. The Labute approximate surface area is 250 Å². The number of nitrogens with one attached hydrogen (secondary N) is 1. The molecule has 39 heavy (non-hydrogen) atoms. The van der Waals surface area contributed by atoms with E-state index in [4.69, 9.17) is 34.8 Å². The van der Waals surface area contributed by atoms with Gasteiger partial charge < -0.3 is 10.2 Å². The van der Waals surface area contributed by atoms with Crippen LogP contribution in [-0.4, -0.2) is 34.6 Å². The monoisotopic (exact) mass is 602 g/mol. The van der Waals surface area contributed by atoms with Crippen molar-refractivity contribution < 1.29 is 9.59 Å². The molecule has 0 heterocycles. The molecule has 8 heteroatoms. The van der Waals surface area contributed by atoms with Gasteiger partial charge in [0, 0.05) is 39.8 Å². The van der Waals surface area contributed by atoms with E-state index in [2.05, 4.69) is 5.32 Å². The topological polar surface area (TPSA) is 49.4 Å². The predicted octanol–water partition coefficient (Wildman–Crippen LogP) is 7.97. The second-order valence-corrected chi connectivity index (χ2v) is 12.1. The Hall–Kier alpha value is -2.18. The number of carbonyl (C=O) groups is 2. The summed E-state index contributed by atoms with van der Waals surface area (Å²) in [4.78, 5) is 29.4. The van der Waals surface area contributed by atoms with Gasteiger partial charge >= 0.3 is 0 Å². The third-order valence-electron chi connectivity index (χ3n) is 7.00. The van der Waals surface area contributed by atoms with Gasteiger partial charge in [-0.25, -0.2) is 0 Å². The molecule has 0 aliphatic heterocycles. The summed E-state index contributed by atoms with van der Waals surface area (Å²) in [5.41, 5.74) is 2.68. The molecule has 0 aromatic heterocycles. The molecule has 0 bridgehead atoms. The Kier molecular flexibility index (Phi) is 11.5. The lowest BCUT2D eigenvalue weighted by Gasteiger charge is -2.33. The van der Waals surface area contributed by atoms with Gasteiger partial charge in [-0.05, 0) is 53.8 Å². The first-order valence-corrected chi connectivity index (χ1v) is 15.6. The van der Waals surface area contributed by atoms with Crippen molar-refractivity contribution in [2.24, 2.45) is 0 Å². The SMILES string of the molecule is O=C(NC1CCCCC1)[C@H](Cc1ccccc1)N(Cc1cccc(Cl)c1)C(=O)CSCc1c(Cl)cccc1Cl. The lowest BCUT2D eigenvalue weighted by molar-refractivity contribution is -0.139. The van der Waals surface area contributed by atoms with Crippen LogP contribution in [0.4, 0.5) is 0 Å². The molecule has 1 saturated carbocycles. The maximum absolute atomic E-state index is 13.8. The second-order valence-electron chi connectivity index (χ2n) is 9.89. The van der Waals surface area contributed by atoms with Crippen LogP contribution >= 0.6 is 46.6 Å². The highest BCUT2D eigenvalue weighted by Gasteiger charge is 2.32. The summed E-state index contributed by atoms with van der Waals surface area (Å²) in [6, 6.07) is 22.2. The first kappa shape index (κ1) is 29.8. The number of benzene rings is 3. The summed E-state index contributed by atoms with van der Waals surface area (Å²) < 4.78 is 0. The summed E-state index contributed by atoms with van der Waals surface area (Å²) >= 11 is 20.4. The van der Waals surface area contributed by atoms with Crippen molar-refractivity contribution in [2.75, 3.05) is 5.75 Å². The Morgan fingerprint density at radius 1 is 0.872 bits per heavy atom. The second kappa shape index (κ2) is 15.0. The summed E-state index contributed by atoms with van der Waals surface area (Å²) in [7, 11) is 0. The van der Waals surface area contributed by atoms with Crippen molar-refractivity contribution in [3.8, 4) is 0 Å². The van der Waals surface area contributed by atoms with Crippen molar-refractivity contribution in [1.29, 1.82) is 0 Å². The zero-order valence-electron chi connectivity index (χ0n) is 21.8. The summed E-state index contributed by atoms with van der Waals surface area (Å²) in [6.45, 7) is 0.280. The third-order valence-corrected chi connectivity index (χ3v) is 8.89. The molecule has 0 spiro atoms. The molecular formula is C31H33Cl3N2O2S.